The van der Waals surface area contributed by atoms with Crippen molar-refractivity contribution in [1.82, 2.24) is 15.0 Å². The highest BCUT2D eigenvalue weighted by molar-refractivity contribution is 9.10. The second-order valence-corrected chi connectivity index (χ2v) is 33.9. The summed E-state index contributed by atoms with van der Waals surface area (Å²) in [6.07, 6.45) is 5.48. The zero-order valence-electron chi connectivity index (χ0n) is 66.3. The van der Waals surface area contributed by atoms with Crippen LogP contribution in [-0.4, -0.2) is 88.0 Å². The quantitative estimate of drug-likeness (QED) is 0.115. The smallest absolute Gasteiger partial charge is 0.405 e. The number of rotatable bonds is 11. The standard InChI is InChI=1S/C29H28BNO2.C23H16ClN.C17H20BNO2.C12H24B2O4.C12H8BrCl/c1-28(2)29(3,4)33-30(32-28)25-19-23(21-12-7-5-8-13-21)18-24(20-25)26-16-11-17-31-27(26)22-14-9-6-10-15-22;24-21-15-19(17-8-3-1-4-9-17)14-20(16-21)22-12-7-13-25-23(22)18-10-5-2-6-11-18;1-16(2)17(3,4)21-18(20-16)14-11-8-12-19-15(14)13-9-6-5-7-10-13;1-9(2)10(3,4)16-13(15-9)14-17-11(5,6)12(7,8)18-14;13-11-6-10(7-12(14)8-11)9-4-2-1-3-5-9/h5-20H,1-4H3;1-16H;5-12H,1-4H3;1-8H3;1-8H. The Bertz CT molecular complexity index is 5010. The van der Waals surface area contributed by atoms with E-state index >= 15 is 0 Å². The molecule has 0 saturated carbocycles. The highest BCUT2D eigenvalue weighted by atomic mass is 79.9. The van der Waals surface area contributed by atoms with Crippen molar-refractivity contribution in [3.63, 3.8) is 0 Å². The van der Waals surface area contributed by atoms with Crippen LogP contribution in [0.4, 0.5) is 0 Å². The van der Waals surface area contributed by atoms with Crippen molar-refractivity contribution in [1.29, 1.82) is 0 Å². The molecule has 0 atom stereocenters. The fraction of sp³-hybridized carbons (Fsp3) is 0.258. The van der Waals surface area contributed by atoms with E-state index in [9.17, 15) is 0 Å². The molecule has 7 heterocycles. The number of benzene rings is 9. The first kappa shape index (κ1) is 81.9. The highest BCUT2D eigenvalue weighted by Gasteiger charge is 2.64. The van der Waals surface area contributed by atoms with Gasteiger partial charge in [-0.2, -0.15) is 0 Å². The Morgan fingerprint density at radius 2 is 0.523 bits per heavy atom. The molecule has 0 radical (unpaired) electrons. The first-order valence-corrected chi connectivity index (χ1v) is 39.3. The molecule has 0 N–H and O–H groups in total. The average molecular weight is 1580 g/mol. The van der Waals surface area contributed by atoms with E-state index in [1.54, 1.807) is 6.20 Å². The molecule has 4 fully saturated rings. The minimum Gasteiger partial charge on any atom is -0.405 e. The van der Waals surface area contributed by atoms with Crippen molar-refractivity contribution in [2.45, 2.75) is 156 Å². The van der Waals surface area contributed by atoms with Gasteiger partial charge in [0.2, 0.25) is 0 Å². The summed E-state index contributed by atoms with van der Waals surface area (Å²) in [5.41, 5.74) is 16.3. The SMILES string of the molecule is CC1(C)OB(B2OC(C)(C)C(C)(C)O2)OC1(C)C.CC1(C)OB(c2cc(-c3ccccc3)cc(-c3cccnc3-c3ccccc3)c2)OC1(C)C.CC1(C)OB(c2cccnc2-c2ccccc2)OC1(C)C.Clc1cc(-c2ccccc2)cc(-c2cccnc2-c2ccccc2)c1.Clc1cc(Br)cc(-c2ccccc2)c1. The normalized spacial score (nSPS) is 17.5. The zero-order valence-corrected chi connectivity index (χ0v) is 69.4. The summed E-state index contributed by atoms with van der Waals surface area (Å²) in [5, 5.41) is 1.47. The van der Waals surface area contributed by atoms with Gasteiger partial charge in [0.15, 0.2) is 0 Å². The summed E-state index contributed by atoms with van der Waals surface area (Å²) in [4.78, 5) is 13.9. The van der Waals surface area contributed by atoms with Gasteiger partial charge in [-0.3, -0.25) is 15.0 Å². The molecular weight excluding hydrogens is 1480 g/mol. The molecule has 11 nitrogen and oxygen atoms in total. The van der Waals surface area contributed by atoms with Gasteiger partial charge in [0.05, 0.1) is 61.9 Å². The lowest BCUT2D eigenvalue weighted by Gasteiger charge is -2.32. The third-order valence-corrected chi connectivity index (χ3v) is 22.9. The maximum Gasteiger partial charge on any atom is 0.497 e. The van der Waals surface area contributed by atoms with Crippen molar-refractivity contribution in [3.05, 3.63) is 306 Å². The molecule has 4 aliphatic heterocycles. The summed E-state index contributed by atoms with van der Waals surface area (Å²) in [6.45, 7) is 32.8. The zero-order chi connectivity index (χ0) is 79.2. The van der Waals surface area contributed by atoms with Crippen LogP contribution >= 0.6 is 39.1 Å². The molecule has 4 aliphatic rings. The van der Waals surface area contributed by atoms with E-state index in [-0.39, 0.29) is 40.7 Å². The second-order valence-electron chi connectivity index (χ2n) is 32.1. The molecule has 0 spiro atoms. The fourth-order valence-electron chi connectivity index (χ4n) is 13.0. The van der Waals surface area contributed by atoms with Gasteiger partial charge < -0.3 is 37.2 Å². The Hall–Kier alpha value is -8.57. The number of aromatic nitrogens is 3. The van der Waals surface area contributed by atoms with Gasteiger partial charge in [0, 0.05) is 60.8 Å². The minimum atomic E-state index is -0.476. The van der Waals surface area contributed by atoms with E-state index in [2.05, 4.69) is 209 Å². The largest absolute Gasteiger partial charge is 0.497 e. The Balaban J connectivity index is 0.000000133. The van der Waals surface area contributed by atoms with Crippen molar-refractivity contribution in [2.75, 3.05) is 0 Å². The van der Waals surface area contributed by atoms with Crippen LogP contribution in [0.25, 0.3) is 89.4 Å². The van der Waals surface area contributed by atoms with Crippen LogP contribution in [0.3, 0.4) is 0 Å². The topological polar surface area (TPSA) is 113 Å². The van der Waals surface area contributed by atoms with Crippen LogP contribution in [0.2, 0.25) is 10.0 Å². The number of pyridine rings is 3. The number of hydrogen-bond donors (Lipinski definition) is 0. The molecule has 12 aromatic rings. The molecule has 18 heteroatoms. The molecule has 0 aliphatic carbocycles. The van der Waals surface area contributed by atoms with Crippen LogP contribution in [0, 0.1) is 0 Å². The van der Waals surface area contributed by atoms with E-state index in [1.807, 2.05) is 213 Å². The van der Waals surface area contributed by atoms with Crippen LogP contribution in [0.5, 0.6) is 0 Å². The van der Waals surface area contributed by atoms with E-state index < -0.39 is 32.3 Å². The number of nitrogens with zero attached hydrogens (tertiary/aromatic N) is 3. The lowest BCUT2D eigenvalue weighted by molar-refractivity contribution is 0.00578. The van der Waals surface area contributed by atoms with Crippen molar-refractivity contribution < 1.29 is 37.2 Å². The molecule has 111 heavy (non-hydrogen) atoms. The summed E-state index contributed by atoms with van der Waals surface area (Å²) in [6, 6.07) is 92.3. The maximum atomic E-state index is 6.43. The van der Waals surface area contributed by atoms with Crippen LogP contribution in [-0.2, 0) is 37.2 Å². The Morgan fingerprint density at radius 3 is 0.892 bits per heavy atom. The van der Waals surface area contributed by atoms with Gasteiger partial charge in [-0.25, -0.2) is 0 Å². The monoisotopic (exact) mass is 1580 g/mol. The predicted octanol–water partition coefficient (Wildman–Crippen LogP) is 23.2. The number of hydrogen-bond acceptors (Lipinski definition) is 11. The first-order chi connectivity index (χ1) is 52.7. The highest BCUT2D eigenvalue weighted by Crippen LogP contribution is 2.45. The van der Waals surface area contributed by atoms with Crippen molar-refractivity contribution in [2.24, 2.45) is 0 Å². The molecule has 3 aromatic heterocycles. The molecule has 0 unspecified atom stereocenters. The summed E-state index contributed by atoms with van der Waals surface area (Å²) in [7, 11) is -1.78. The van der Waals surface area contributed by atoms with Gasteiger partial charge in [0.25, 0.3) is 0 Å². The van der Waals surface area contributed by atoms with E-state index in [0.717, 1.165) is 109 Å². The summed E-state index contributed by atoms with van der Waals surface area (Å²) in [5.74, 6) is 0. The van der Waals surface area contributed by atoms with Gasteiger partial charge in [-0.05, 0) is 227 Å². The first-order valence-electron chi connectivity index (χ1n) is 37.7. The summed E-state index contributed by atoms with van der Waals surface area (Å²) >= 11 is 15.8. The minimum absolute atomic E-state index is 0.346. The Kier molecular flexibility index (Phi) is 25.1. The molecular formula is C93H96B4BrCl2N3O8. The second kappa shape index (κ2) is 34.0. The van der Waals surface area contributed by atoms with Crippen LogP contribution in [0.15, 0.2) is 296 Å². The van der Waals surface area contributed by atoms with E-state index in [4.69, 9.17) is 65.4 Å². The maximum absolute atomic E-state index is 6.43. The lowest BCUT2D eigenvalue weighted by Crippen LogP contribution is -2.41. The lowest BCUT2D eigenvalue weighted by atomic mass is 9.49. The third kappa shape index (κ3) is 19.2. The van der Waals surface area contributed by atoms with Gasteiger partial charge >= 0.3 is 28.3 Å². The molecule has 16 rings (SSSR count). The molecule has 4 saturated heterocycles. The van der Waals surface area contributed by atoms with Crippen LogP contribution in [0.1, 0.15) is 111 Å². The van der Waals surface area contributed by atoms with Gasteiger partial charge in [-0.15, -0.1) is 0 Å². The molecule has 564 valence electrons. The van der Waals surface area contributed by atoms with E-state index in [1.165, 1.54) is 5.56 Å². The Morgan fingerprint density at radius 1 is 0.252 bits per heavy atom. The fourth-order valence-corrected chi connectivity index (χ4v) is 14.1. The molecule has 0 amide bonds. The van der Waals surface area contributed by atoms with Crippen molar-refractivity contribution in [3.8, 4) is 89.4 Å². The third-order valence-electron chi connectivity index (χ3n) is 22.1. The summed E-state index contributed by atoms with van der Waals surface area (Å²) < 4.78 is 50.0. The molecule has 9 aromatic carbocycles. The van der Waals surface area contributed by atoms with Gasteiger partial charge in [-0.1, -0.05) is 251 Å². The predicted molar refractivity (Wildman–Crippen MR) is 464 cm³/mol. The Labute approximate surface area is 676 Å². The van der Waals surface area contributed by atoms with Gasteiger partial charge in [0.1, 0.15) is 0 Å². The molecule has 0 bridgehead atoms. The van der Waals surface area contributed by atoms with E-state index in [0.29, 0.717) is 0 Å². The number of halogens is 3. The van der Waals surface area contributed by atoms with Crippen molar-refractivity contribution >= 4 is 78.3 Å². The van der Waals surface area contributed by atoms with Crippen LogP contribution < -0.4 is 10.9 Å². The average Bonchev–Trinajstić information content (AvgIpc) is 1.60.